The Morgan fingerprint density at radius 3 is 2.14 bits per heavy atom. The number of hydrogen-bond donors (Lipinski definition) is 0. The maximum Gasteiger partial charge on any atom is 0.254 e. The fourth-order valence-corrected chi connectivity index (χ4v) is 4.03. The van der Waals surface area contributed by atoms with E-state index in [2.05, 4.69) is 13.8 Å². The Kier molecular flexibility index (Phi) is 7.02. The Morgan fingerprint density at radius 2 is 1.62 bits per heavy atom. The lowest BCUT2D eigenvalue weighted by Crippen LogP contribution is -2.43. The summed E-state index contributed by atoms with van der Waals surface area (Å²) in [6, 6.07) is 13.9. The van der Waals surface area contributed by atoms with Crippen molar-refractivity contribution in [2.75, 3.05) is 14.2 Å². The second kappa shape index (κ2) is 9.68. The molecule has 3 rings (SSSR count). The highest BCUT2D eigenvalue weighted by Gasteiger charge is 2.30. The highest BCUT2D eigenvalue weighted by molar-refractivity contribution is 5.96. The van der Waals surface area contributed by atoms with Gasteiger partial charge in [0.25, 0.3) is 5.91 Å². The lowest BCUT2D eigenvalue weighted by atomic mass is 10.1. The second-order valence-electron chi connectivity index (χ2n) is 7.73. The first-order chi connectivity index (χ1) is 14.0. The molecule has 0 spiro atoms. The van der Waals surface area contributed by atoms with Crippen molar-refractivity contribution in [3.63, 3.8) is 0 Å². The topological polar surface area (TPSA) is 48.0 Å². The Labute approximate surface area is 173 Å². The van der Waals surface area contributed by atoms with E-state index in [1.165, 1.54) is 12.8 Å². The van der Waals surface area contributed by atoms with E-state index in [1.54, 1.807) is 26.4 Å². The molecule has 1 saturated carbocycles. The van der Waals surface area contributed by atoms with Gasteiger partial charge in [0.2, 0.25) is 5.75 Å². The lowest BCUT2D eigenvalue weighted by Gasteiger charge is -2.33. The van der Waals surface area contributed by atoms with Crippen molar-refractivity contribution in [2.24, 2.45) is 0 Å². The zero-order chi connectivity index (χ0) is 20.8. The highest BCUT2D eigenvalue weighted by atomic mass is 16.5. The lowest BCUT2D eigenvalue weighted by molar-refractivity contribution is 0.0612. The van der Waals surface area contributed by atoms with Crippen LogP contribution in [0.4, 0.5) is 0 Å². The quantitative estimate of drug-likeness (QED) is 0.623. The normalized spacial score (nSPS) is 14.1. The van der Waals surface area contributed by atoms with Crippen LogP contribution in [0.1, 0.15) is 55.5 Å². The number of rotatable bonds is 8. The molecule has 5 nitrogen and oxygen atoms in total. The Bertz CT molecular complexity index is 788. The number of hydrogen-bond acceptors (Lipinski definition) is 4. The molecule has 0 aromatic heterocycles. The summed E-state index contributed by atoms with van der Waals surface area (Å²) >= 11 is 0. The van der Waals surface area contributed by atoms with Gasteiger partial charge in [-0.1, -0.05) is 43.2 Å². The van der Waals surface area contributed by atoms with Crippen LogP contribution in [0.25, 0.3) is 0 Å². The summed E-state index contributed by atoms with van der Waals surface area (Å²) in [5.74, 6) is 1.52. The van der Waals surface area contributed by atoms with Crippen LogP contribution in [0.2, 0.25) is 0 Å². The fourth-order valence-electron chi connectivity index (χ4n) is 4.03. The van der Waals surface area contributed by atoms with Gasteiger partial charge in [-0.3, -0.25) is 4.79 Å². The molecule has 0 unspecified atom stereocenters. The number of methoxy groups -OCH3 is 2. The molecule has 0 N–H and O–H groups in total. The van der Waals surface area contributed by atoms with Crippen LogP contribution in [0, 0.1) is 0 Å². The standard InChI is InChI=1S/C24H31NO4/c1-17(2)25(20-12-8-9-13-20)24(26)19-14-21(27-3)23(22(15-19)28-4)29-16-18-10-6-5-7-11-18/h5-7,10-11,14-15,17,20H,8-9,12-13,16H2,1-4H3. The number of nitrogens with zero attached hydrogens (tertiary/aromatic N) is 1. The van der Waals surface area contributed by atoms with Crippen molar-refractivity contribution < 1.29 is 19.0 Å². The van der Waals surface area contributed by atoms with Crippen molar-refractivity contribution >= 4 is 5.91 Å². The van der Waals surface area contributed by atoms with Gasteiger partial charge in [0.05, 0.1) is 14.2 Å². The van der Waals surface area contributed by atoms with Crippen LogP contribution in [0.3, 0.4) is 0 Å². The van der Waals surface area contributed by atoms with Crippen LogP contribution >= 0.6 is 0 Å². The van der Waals surface area contributed by atoms with Gasteiger partial charge in [-0.15, -0.1) is 0 Å². The van der Waals surface area contributed by atoms with Gasteiger partial charge in [0.15, 0.2) is 11.5 Å². The van der Waals surface area contributed by atoms with E-state index in [9.17, 15) is 4.79 Å². The van der Waals surface area contributed by atoms with Gasteiger partial charge in [-0.2, -0.15) is 0 Å². The number of carbonyl (C=O) groups is 1. The first-order valence-corrected chi connectivity index (χ1v) is 10.3. The molecule has 1 amide bonds. The molecule has 2 aromatic carbocycles. The zero-order valence-electron chi connectivity index (χ0n) is 17.8. The number of ether oxygens (including phenoxy) is 3. The molecule has 1 fully saturated rings. The molecule has 29 heavy (non-hydrogen) atoms. The van der Waals surface area contributed by atoms with E-state index in [4.69, 9.17) is 14.2 Å². The minimum Gasteiger partial charge on any atom is -0.493 e. The van der Waals surface area contributed by atoms with Crippen molar-refractivity contribution in [1.82, 2.24) is 4.90 Å². The maximum atomic E-state index is 13.4. The minimum atomic E-state index is 0.0121. The molecular formula is C24H31NO4. The molecule has 156 valence electrons. The van der Waals surface area contributed by atoms with Gasteiger partial charge in [0, 0.05) is 17.6 Å². The van der Waals surface area contributed by atoms with Crippen LogP contribution in [-0.2, 0) is 6.61 Å². The predicted octanol–water partition coefficient (Wildman–Crippen LogP) is 5.08. The van der Waals surface area contributed by atoms with E-state index in [-0.39, 0.29) is 11.9 Å². The summed E-state index contributed by atoms with van der Waals surface area (Å²) in [7, 11) is 3.16. The van der Waals surface area contributed by atoms with Crippen LogP contribution in [-0.4, -0.2) is 37.1 Å². The largest absolute Gasteiger partial charge is 0.493 e. The predicted molar refractivity (Wildman–Crippen MR) is 114 cm³/mol. The maximum absolute atomic E-state index is 13.4. The zero-order valence-corrected chi connectivity index (χ0v) is 17.8. The Balaban J connectivity index is 1.89. The van der Waals surface area contributed by atoms with Crippen LogP contribution in [0.5, 0.6) is 17.2 Å². The highest BCUT2D eigenvalue weighted by Crippen LogP contribution is 2.40. The Hall–Kier alpha value is -2.69. The van der Waals surface area contributed by atoms with E-state index in [1.807, 2.05) is 35.2 Å². The SMILES string of the molecule is COc1cc(C(=O)N(C(C)C)C2CCCC2)cc(OC)c1OCc1ccccc1. The molecule has 0 saturated heterocycles. The molecule has 5 heteroatoms. The summed E-state index contributed by atoms with van der Waals surface area (Å²) in [5, 5.41) is 0. The smallest absolute Gasteiger partial charge is 0.254 e. The third-order valence-corrected chi connectivity index (χ3v) is 5.44. The molecule has 2 aromatic rings. The first kappa shape index (κ1) is 21.0. The fraction of sp³-hybridized carbons (Fsp3) is 0.458. The van der Waals surface area contributed by atoms with E-state index in [0.717, 1.165) is 18.4 Å². The van der Waals surface area contributed by atoms with Gasteiger partial charge in [-0.05, 0) is 44.4 Å². The molecule has 0 bridgehead atoms. The molecule has 0 radical (unpaired) electrons. The third kappa shape index (κ3) is 4.84. The Morgan fingerprint density at radius 1 is 1.03 bits per heavy atom. The number of benzene rings is 2. The number of carbonyl (C=O) groups excluding carboxylic acids is 1. The van der Waals surface area contributed by atoms with Gasteiger partial charge in [-0.25, -0.2) is 0 Å². The molecule has 1 aliphatic rings. The summed E-state index contributed by atoms with van der Waals surface area (Å²) in [6.45, 7) is 4.53. The summed E-state index contributed by atoms with van der Waals surface area (Å²) in [6.07, 6.45) is 4.49. The average molecular weight is 398 g/mol. The van der Waals surface area contributed by atoms with E-state index < -0.39 is 0 Å². The average Bonchev–Trinajstić information content (AvgIpc) is 3.26. The summed E-state index contributed by atoms with van der Waals surface area (Å²) in [4.78, 5) is 15.4. The van der Waals surface area contributed by atoms with Crippen molar-refractivity contribution in [1.29, 1.82) is 0 Å². The van der Waals surface area contributed by atoms with Gasteiger partial charge in [0.1, 0.15) is 6.61 Å². The molecule has 0 atom stereocenters. The molecule has 0 aliphatic heterocycles. The van der Waals surface area contributed by atoms with E-state index in [0.29, 0.717) is 35.5 Å². The van der Waals surface area contributed by atoms with Crippen LogP contribution < -0.4 is 14.2 Å². The second-order valence-corrected chi connectivity index (χ2v) is 7.73. The summed E-state index contributed by atoms with van der Waals surface area (Å²) in [5.41, 5.74) is 1.61. The summed E-state index contributed by atoms with van der Waals surface area (Å²) < 4.78 is 17.1. The van der Waals surface area contributed by atoms with Crippen molar-refractivity contribution in [3.8, 4) is 17.2 Å². The van der Waals surface area contributed by atoms with Crippen molar-refractivity contribution in [3.05, 3.63) is 53.6 Å². The van der Waals surface area contributed by atoms with E-state index >= 15 is 0 Å². The molecule has 0 heterocycles. The number of amides is 1. The monoisotopic (exact) mass is 397 g/mol. The first-order valence-electron chi connectivity index (χ1n) is 10.3. The van der Waals surface area contributed by atoms with Crippen molar-refractivity contribution in [2.45, 2.75) is 58.2 Å². The molecular weight excluding hydrogens is 366 g/mol. The third-order valence-electron chi connectivity index (χ3n) is 5.44. The van der Waals surface area contributed by atoms with Gasteiger partial charge >= 0.3 is 0 Å². The minimum absolute atomic E-state index is 0.0121. The van der Waals surface area contributed by atoms with Gasteiger partial charge < -0.3 is 19.1 Å². The molecule has 1 aliphatic carbocycles. The van der Waals surface area contributed by atoms with Crippen LogP contribution in [0.15, 0.2) is 42.5 Å².